The van der Waals surface area contributed by atoms with E-state index in [4.69, 9.17) is 8.94 Å². The highest BCUT2D eigenvalue weighted by Crippen LogP contribution is 2.25. The van der Waals surface area contributed by atoms with Crippen LogP contribution in [0.5, 0.6) is 0 Å². The Morgan fingerprint density at radius 2 is 2.38 bits per heavy atom. The van der Waals surface area contributed by atoms with Crippen LogP contribution in [0.3, 0.4) is 0 Å². The topological polar surface area (TPSA) is 84.4 Å². The smallest absolute Gasteiger partial charge is 0.273 e. The minimum atomic E-state index is -0.206. The molecule has 1 unspecified atom stereocenters. The Balaban J connectivity index is 1.69. The third kappa shape index (κ3) is 2.97. The molecule has 0 spiro atoms. The molecule has 3 rings (SSSR count). The first-order chi connectivity index (χ1) is 10.1. The summed E-state index contributed by atoms with van der Waals surface area (Å²) in [6.07, 6.45) is 4.97. The summed E-state index contributed by atoms with van der Waals surface area (Å²) in [5.74, 6) is 0.738. The summed E-state index contributed by atoms with van der Waals surface area (Å²) in [7, 11) is 3.99. The molecule has 21 heavy (non-hydrogen) atoms. The fourth-order valence-electron chi connectivity index (χ4n) is 2.59. The first-order valence-corrected chi connectivity index (χ1v) is 6.93. The lowest BCUT2D eigenvalue weighted by Crippen LogP contribution is -2.39. The molecule has 7 heteroatoms. The van der Waals surface area contributed by atoms with E-state index in [9.17, 15) is 4.79 Å². The lowest BCUT2D eigenvalue weighted by molar-refractivity contribution is 0.0927. The number of amides is 1. The van der Waals surface area contributed by atoms with Gasteiger partial charge in [-0.15, -0.1) is 0 Å². The molecule has 0 aromatic carbocycles. The molecule has 2 aromatic rings. The molecule has 0 fully saturated rings. The van der Waals surface area contributed by atoms with Crippen molar-refractivity contribution in [2.24, 2.45) is 0 Å². The minimum absolute atomic E-state index is 0.0713. The predicted octanol–water partition coefficient (Wildman–Crippen LogP) is 1.01. The molecule has 2 aromatic heterocycles. The molecule has 1 N–H and O–H groups in total. The third-order valence-electron chi connectivity index (χ3n) is 3.59. The lowest BCUT2D eigenvalue weighted by Gasteiger charge is -2.22. The van der Waals surface area contributed by atoms with Crippen molar-refractivity contribution in [1.82, 2.24) is 20.4 Å². The number of carbonyl (C=O) groups is 1. The maximum absolute atomic E-state index is 12.0. The number of nitrogens with zero attached hydrogens (tertiary/aromatic N) is 3. The fourth-order valence-corrected chi connectivity index (χ4v) is 2.59. The number of nitrogens with one attached hydrogen (secondary N) is 1. The van der Waals surface area contributed by atoms with Crippen molar-refractivity contribution in [3.63, 3.8) is 0 Å². The molecule has 1 aliphatic carbocycles. The normalized spacial score (nSPS) is 17.8. The van der Waals surface area contributed by atoms with Crippen molar-refractivity contribution >= 4 is 5.91 Å². The number of hydrogen-bond acceptors (Lipinski definition) is 6. The molecule has 0 aliphatic heterocycles. The molecule has 0 saturated carbocycles. The lowest BCUT2D eigenvalue weighted by atomic mass is 9.92. The standard InChI is InChI=1S/C14H18N4O3/c1-18(2)6-11-10-5-9(3-4-13(10)21-17-11)16-14(19)12-7-20-8-15-12/h7-9H,3-6H2,1-2H3,(H,16,19). The molecular weight excluding hydrogens is 272 g/mol. The van der Waals surface area contributed by atoms with Crippen molar-refractivity contribution in [2.75, 3.05) is 14.1 Å². The van der Waals surface area contributed by atoms with Crippen molar-refractivity contribution < 1.29 is 13.7 Å². The van der Waals surface area contributed by atoms with E-state index < -0.39 is 0 Å². The van der Waals surface area contributed by atoms with Gasteiger partial charge in [0.25, 0.3) is 5.91 Å². The summed E-state index contributed by atoms with van der Waals surface area (Å²) in [5, 5.41) is 7.13. The van der Waals surface area contributed by atoms with Gasteiger partial charge in [0, 0.05) is 24.6 Å². The number of hydrogen-bond donors (Lipinski definition) is 1. The molecule has 1 aliphatic rings. The summed E-state index contributed by atoms with van der Waals surface area (Å²) in [6.45, 7) is 0.739. The summed E-state index contributed by atoms with van der Waals surface area (Å²) >= 11 is 0. The van der Waals surface area contributed by atoms with Crippen LogP contribution in [0.2, 0.25) is 0 Å². The second-order valence-electron chi connectivity index (χ2n) is 5.56. The molecular formula is C14H18N4O3. The Bertz CT molecular complexity index is 618. The highest BCUT2D eigenvalue weighted by molar-refractivity contribution is 5.92. The number of oxazole rings is 1. The zero-order valence-electron chi connectivity index (χ0n) is 12.1. The molecule has 2 heterocycles. The molecule has 0 bridgehead atoms. The van der Waals surface area contributed by atoms with E-state index in [1.807, 2.05) is 14.1 Å². The maximum Gasteiger partial charge on any atom is 0.273 e. The second kappa shape index (κ2) is 5.69. The highest BCUT2D eigenvalue weighted by Gasteiger charge is 2.27. The Labute approximate surface area is 122 Å². The first-order valence-electron chi connectivity index (χ1n) is 6.93. The van der Waals surface area contributed by atoms with E-state index in [0.717, 1.165) is 42.8 Å². The van der Waals surface area contributed by atoms with Crippen LogP contribution in [-0.4, -0.2) is 41.1 Å². The SMILES string of the molecule is CN(C)Cc1noc2c1CC(NC(=O)c1cocn1)CC2. The molecule has 112 valence electrons. The van der Waals surface area contributed by atoms with Crippen LogP contribution in [-0.2, 0) is 19.4 Å². The average molecular weight is 290 g/mol. The number of aromatic nitrogens is 2. The zero-order chi connectivity index (χ0) is 14.8. The van der Waals surface area contributed by atoms with Gasteiger partial charge in [-0.25, -0.2) is 4.98 Å². The molecule has 7 nitrogen and oxygen atoms in total. The fraction of sp³-hybridized carbons (Fsp3) is 0.500. The van der Waals surface area contributed by atoms with Crippen LogP contribution in [0.1, 0.15) is 33.9 Å². The third-order valence-corrected chi connectivity index (χ3v) is 3.59. The Morgan fingerprint density at radius 3 is 3.10 bits per heavy atom. The van der Waals surface area contributed by atoms with E-state index in [1.165, 1.54) is 12.7 Å². The molecule has 1 amide bonds. The van der Waals surface area contributed by atoms with E-state index in [0.29, 0.717) is 5.69 Å². The van der Waals surface area contributed by atoms with Crippen molar-refractivity contribution in [3.8, 4) is 0 Å². The summed E-state index contributed by atoms with van der Waals surface area (Å²) < 4.78 is 10.2. The number of fused-ring (bicyclic) bond motifs is 1. The van der Waals surface area contributed by atoms with E-state index in [1.54, 1.807) is 0 Å². The van der Waals surface area contributed by atoms with Gasteiger partial charge in [0.1, 0.15) is 17.7 Å². The number of aryl methyl sites for hydroxylation is 1. The molecule has 0 saturated heterocycles. The van der Waals surface area contributed by atoms with Gasteiger partial charge in [0.15, 0.2) is 12.1 Å². The summed E-state index contributed by atoms with van der Waals surface area (Å²) in [5.41, 5.74) is 2.38. The van der Waals surface area contributed by atoms with Gasteiger partial charge in [-0.2, -0.15) is 0 Å². The van der Waals surface area contributed by atoms with Crippen molar-refractivity contribution in [3.05, 3.63) is 35.4 Å². The van der Waals surface area contributed by atoms with E-state index in [2.05, 4.69) is 20.4 Å². The number of rotatable bonds is 4. The van der Waals surface area contributed by atoms with Gasteiger partial charge in [0.2, 0.25) is 0 Å². The van der Waals surface area contributed by atoms with Crippen LogP contribution in [0.15, 0.2) is 21.6 Å². The highest BCUT2D eigenvalue weighted by atomic mass is 16.5. The van der Waals surface area contributed by atoms with Gasteiger partial charge in [-0.3, -0.25) is 4.79 Å². The van der Waals surface area contributed by atoms with Crippen LogP contribution < -0.4 is 5.32 Å². The maximum atomic E-state index is 12.0. The van der Waals surface area contributed by atoms with Gasteiger partial charge >= 0.3 is 0 Å². The monoisotopic (exact) mass is 290 g/mol. The second-order valence-corrected chi connectivity index (χ2v) is 5.56. The molecule has 1 atom stereocenters. The number of carbonyl (C=O) groups excluding carboxylic acids is 1. The van der Waals surface area contributed by atoms with Crippen LogP contribution in [0.4, 0.5) is 0 Å². The first kappa shape index (κ1) is 13.8. The van der Waals surface area contributed by atoms with Gasteiger partial charge in [-0.05, 0) is 26.9 Å². The van der Waals surface area contributed by atoms with E-state index in [-0.39, 0.29) is 11.9 Å². The van der Waals surface area contributed by atoms with Gasteiger partial charge in [-0.1, -0.05) is 5.16 Å². The Kier molecular flexibility index (Phi) is 3.74. The minimum Gasteiger partial charge on any atom is -0.451 e. The van der Waals surface area contributed by atoms with Crippen LogP contribution >= 0.6 is 0 Å². The largest absolute Gasteiger partial charge is 0.451 e. The Hall–Kier alpha value is -2.15. The van der Waals surface area contributed by atoms with Crippen molar-refractivity contribution in [2.45, 2.75) is 31.8 Å². The van der Waals surface area contributed by atoms with Crippen LogP contribution in [0.25, 0.3) is 0 Å². The Morgan fingerprint density at radius 1 is 1.52 bits per heavy atom. The molecule has 0 radical (unpaired) electrons. The van der Waals surface area contributed by atoms with Crippen molar-refractivity contribution in [1.29, 1.82) is 0 Å². The summed E-state index contributed by atoms with van der Waals surface area (Å²) in [4.78, 5) is 17.9. The quantitative estimate of drug-likeness (QED) is 0.904. The summed E-state index contributed by atoms with van der Waals surface area (Å²) in [6, 6.07) is 0.0713. The van der Waals surface area contributed by atoms with Crippen LogP contribution in [0, 0.1) is 0 Å². The van der Waals surface area contributed by atoms with Gasteiger partial charge in [0.05, 0.1) is 0 Å². The predicted molar refractivity (Wildman–Crippen MR) is 73.7 cm³/mol. The van der Waals surface area contributed by atoms with E-state index >= 15 is 0 Å². The van der Waals surface area contributed by atoms with Gasteiger partial charge < -0.3 is 19.2 Å². The zero-order valence-corrected chi connectivity index (χ0v) is 12.1. The average Bonchev–Trinajstić information content (AvgIpc) is 3.08.